The molecule has 1 N–H and O–H groups in total. The number of benzene rings is 1. The van der Waals surface area contributed by atoms with Crippen LogP contribution in [0, 0.1) is 0 Å². The van der Waals surface area contributed by atoms with E-state index in [9.17, 15) is 4.79 Å². The molecule has 2 rings (SSSR count). The lowest BCUT2D eigenvalue weighted by atomic mass is 10.2. The first-order valence-corrected chi connectivity index (χ1v) is 5.92. The highest BCUT2D eigenvalue weighted by Gasteiger charge is 2.08. The van der Waals surface area contributed by atoms with Gasteiger partial charge >= 0.3 is 0 Å². The van der Waals surface area contributed by atoms with Gasteiger partial charge in [0.1, 0.15) is 0 Å². The van der Waals surface area contributed by atoms with Crippen LogP contribution in [-0.2, 0) is 11.3 Å². The third-order valence-electron chi connectivity index (χ3n) is 2.32. The number of carbonyl (C=O) groups is 1. The number of hydrogen-bond donors (Lipinski definition) is 1. The van der Waals surface area contributed by atoms with Crippen LogP contribution in [0.2, 0.25) is 5.02 Å². The van der Waals surface area contributed by atoms with Gasteiger partial charge < -0.3 is 9.73 Å². The van der Waals surface area contributed by atoms with Crippen LogP contribution in [-0.4, -0.2) is 16.1 Å². The average Bonchev–Trinajstić information content (AvgIpc) is 2.85. The van der Waals surface area contributed by atoms with Gasteiger partial charge in [-0.3, -0.25) is 4.79 Å². The summed E-state index contributed by atoms with van der Waals surface area (Å²) < 4.78 is 5.42. The Bertz CT molecular complexity index is 537. The fourth-order valence-corrected chi connectivity index (χ4v) is 1.46. The van der Waals surface area contributed by atoms with E-state index in [0.717, 1.165) is 5.56 Å². The summed E-state index contributed by atoms with van der Waals surface area (Å²) in [6.07, 6.45) is 0.429. The fraction of sp³-hybridized carbons (Fsp3) is 0.250. The molecule has 5 nitrogen and oxygen atoms in total. The van der Waals surface area contributed by atoms with Gasteiger partial charge in [0, 0.05) is 17.0 Å². The summed E-state index contributed by atoms with van der Waals surface area (Å²) in [5, 5.41) is 11.1. The quantitative estimate of drug-likeness (QED) is 0.922. The number of carbonyl (C=O) groups excluding carboxylic acids is 1. The molecule has 0 atom stereocenters. The second kappa shape index (κ2) is 5.64. The standard InChI is InChI=1S/C12H12ClN3O2/c1-2-10(17)14-7-11-15-16-12(18-11)8-3-5-9(13)6-4-8/h3-6H,2,7H2,1H3,(H,14,17). The molecule has 94 valence electrons. The van der Waals surface area contributed by atoms with Crippen molar-refractivity contribution in [3.05, 3.63) is 35.2 Å². The molecule has 18 heavy (non-hydrogen) atoms. The molecule has 0 aliphatic carbocycles. The smallest absolute Gasteiger partial charge is 0.247 e. The summed E-state index contributed by atoms with van der Waals surface area (Å²) in [4.78, 5) is 11.1. The van der Waals surface area contributed by atoms with Crippen molar-refractivity contribution < 1.29 is 9.21 Å². The molecule has 1 aromatic carbocycles. The van der Waals surface area contributed by atoms with Gasteiger partial charge in [-0.2, -0.15) is 0 Å². The highest BCUT2D eigenvalue weighted by Crippen LogP contribution is 2.19. The molecule has 0 saturated carbocycles. The maximum absolute atomic E-state index is 11.1. The van der Waals surface area contributed by atoms with Crippen LogP contribution in [0.3, 0.4) is 0 Å². The van der Waals surface area contributed by atoms with Gasteiger partial charge in [0.25, 0.3) is 0 Å². The number of amides is 1. The average molecular weight is 266 g/mol. The second-order valence-corrected chi connectivity index (χ2v) is 4.07. The number of rotatable bonds is 4. The largest absolute Gasteiger partial charge is 0.419 e. The molecule has 0 bridgehead atoms. The Morgan fingerprint density at radius 1 is 1.33 bits per heavy atom. The Morgan fingerprint density at radius 3 is 2.72 bits per heavy atom. The zero-order valence-electron chi connectivity index (χ0n) is 9.81. The molecule has 1 aromatic heterocycles. The Hall–Kier alpha value is -1.88. The summed E-state index contributed by atoms with van der Waals surface area (Å²) >= 11 is 5.79. The van der Waals surface area contributed by atoms with Crippen LogP contribution < -0.4 is 5.32 Å². The predicted octanol–water partition coefficient (Wildman–Crippen LogP) is 2.42. The van der Waals surface area contributed by atoms with E-state index in [4.69, 9.17) is 16.0 Å². The molecule has 0 radical (unpaired) electrons. The van der Waals surface area contributed by atoms with Gasteiger partial charge in [0.05, 0.1) is 6.54 Å². The third kappa shape index (κ3) is 3.07. The van der Waals surface area contributed by atoms with Crippen LogP contribution >= 0.6 is 11.6 Å². The number of nitrogens with zero attached hydrogens (tertiary/aromatic N) is 2. The van der Waals surface area contributed by atoms with Gasteiger partial charge in [0.2, 0.25) is 17.7 Å². The fourth-order valence-electron chi connectivity index (χ4n) is 1.33. The van der Waals surface area contributed by atoms with Gasteiger partial charge in [-0.25, -0.2) is 0 Å². The van der Waals surface area contributed by atoms with Crippen molar-refractivity contribution in [3.8, 4) is 11.5 Å². The second-order valence-electron chi connectivity index (χ2n) is 3.64. The van der Waals surface area contributed by atoms with E-state index >= 15 is 0 Å². The van der Waals surface area contributed by atoms with E-state index in [1.165, 1.54) is 0 Å². The zero-order valence-corrected chi connectivity index (χ0v) is 10.6. The molecule has 0 fully saturated rings. The zero-order chi connectivity index (χ0) is 13.0. The maximum Gasteiger partial charge on any atom is 0.247 e. The summed E-state index contributed by atoms with van der Waals surface area (Å²) in [6, 6.07) is 7.09. The topological polar surface area (TPSA) is 68.0 Å². The van der Waals surface area contributed by atoms with Crippen molar-refractivity contribution in [2.75, 3.05) is 0 Å². The maximum atomic E-state index is 11.1. The predicted molar refractivity (Wildman–Crippen MR) is 66.9 cm³/mol. The molecule has 6 heteroatoms. The number of hydrogen-bond acceptors (Lipinski definition) is 4. The van der Waals surface area contributed by atoms with Crippen molar-refractivity contribution >= 4 is 17.5 Å². The van der Waals surface area contributed by atoms with Crippen LogP contribution in [0.25, 0.3) is 11.5 Å². The third-order valence-corrected chi connectivity index (χ3v) is 2.57. The summed E-state index contributed by atoms with van der Waals surface area (Å²) in [7, 11) is 0. The molecule has 2 aromatic rings. The molecular formula is C12H12ClN3O2. The highest BCUT2D eigenvalue weighted by molar-refractivity contribution is 6.30. The minimum Gasteiger partial charge on any atom is -0.419 e. The van der Waals surface area contributed by atoms with E-state index in [-0.39, 0.29) is 12.5 Å². The molecule has 1 heterocycles. The SMILES string of the molecule is CCC(=O)NCc1nnc(-c2ccc(Cl)cc2)o1. The molecule has 0 spiro atoms. The van der Waals surface area contributed by atoms with Crippen LogP contribution in [0.4, 0.5) is 0 Å². The molecule has 0 aliphatic heterocycles. The van der Waals surface area contributed by atoms with Crippen LogP contribution in [0.15, 0.2) is 28.7 Å². The van der Waals surface area contributed by atoms with Crippen LogP contribution in [0.5, 0.6) is 0 Å². The Kier molecular flexibility index (Phi) is 3.94. The minimum absolute atomic E-state index is 0.0544. The lowest BCUT2D eigenvalue weighted by Gasteiger charge is -1.98. The molecular weight excluding hydrogens is 254 g/mol. The molecule has 0 saturated heterocycles. The van der Waals surface area contributed by atoms with Gasteiger partial charge in [-0.05, 0) is 24.3 Å². The Balaban J connectivity index is 2.06. The lowest BCUT2D eigenvalue weighted by molar-refractivity contribution is -0.121. The van der Waals surface area contributed by atoms with E-state index in [1.807, 2.05) is 0 Å². The van der Waals surface area contributed by atoms with E-state index in [1.54, 1.807) is 31.2 Å². The lowest BCUT2D eigenvalue weighted by Crippen LogP contribution is -2.21. The first-order chi connectivity index (χ1) is 8.69. The van der Waals surface area contributed by atoms with Gasteiger partial charge in [-0.1, -0.05) is 18.5 Å². The minimum atomic E-state index is -0.0544. The summed E-state index contributed by atoms with van der Waals surface area (Å²) in [5.74, 6) is 0.732. The van der Waals surface area contributed by atoms with Gasteiger partial charge in [-0.15, -0.1) is 10.2 Å². The van der Waals surface area contributed by atoms with Gasteiger partial charge in [0.15, 0.2) is 0 Å². The normalized spacial score (nSPS) is 10.3. The van der Waals surface area contributed by atoms with E-state index in [2.05, 4.69) is 15.5 Å². The van der Waals surface area contributed by atoms with E-state index in [0.29, 0.717) is 23.2 Å². The molecule has 0 aliphatic rings. The molecule has 0 unspecified atom stereocenters. The number of nitrogens with one attached hydrogen (secondary N) is 1. The highest BCUT2D eigenvalue weighted by atomic mass is 35.5. The number of halogens is 1. The Morgan fingerprint density at radius 2 is 2.06 bits per heavy atom. The first-order valence-electron chi connectivity index (χ1n) is 5.54. The number of aromatic nitrogens is 2. The van der Waals surface area contributed by atoms with Crippen LogP contribution in [0.1, 0.15) is 19.2 Å². The summed E-state index contributed by atoms with van der Waals surface area (Å²) in [5.41, 5.74) is 0.792. The van der Waals surface area contributed by atoms with Crippen molar-refractivity contribution in [1.82, 2.24) is 15.5 Å². The monoisotopic (exact) mass is 265 g/mol. The van der Waals surface area contributed by atoms with Crippen molar-refractivity contribution in [3.63, 3.8) is 0 Å². The van der Waals surface area contributed by atoms with Crippen molar-refractivity contribution in [2.45, 2.75) is 19.9 Å². The first kappa shape index (κ1) is 12.6. The van der Waals surface area contributed by atoms with Crippen molar-refractivity contribution in [2.24, 2.45) is 0 Å². The molecule has 1 amide bonds. The van der Waals surface area contributed by atoms with Crippen molar-refractivity contribution in [1.29, 1.82) is 0 Å². The van der Waals surface area contributed by atoms with E-state index < -0.39 is 0 Å². The Labute approximate surface area is 109 Å². The summed E-state index contributed by atoms with van der Waals surface area (Å²) in [6.45, 7) is 2.02.